The fourth-order valence-electron chi connectivity index (χ4n) is 4.34. The quantitative estimate of drug-likeness (QED) is 0.204. The van der Waals surface area contributed by atoms with Gasteiger partial charge in [-0.3, -0.25) is 0 Å². The average molecular weight is 501 g/mol. The zero-order valence-electron chi connectivity index (χ0n) is 21.4. The second kappa shape index (κ2) is 11.5. The topological polar surface area (TPSA) is 68.3 Å². The van der Waals surface area contributed by atoms with Crippen LogP contribution in [0.15, 0.2) is 108 Å². The third kappa shape index (κ3) is 5.45. The molecule has 188 valence electrons. The van der Waals surface area contributed by atoms with E-state index in [2.05, 4.69) is 31.0 Å². The lowest BCUT2D eigenvalue weighted by Gasteiger charge is -2.19. The number of hydrogen-bond acceptors (Lipinski definition) is 5. The summed E-state index contributed by atoms with van der Waals surface area (Å²) in [7, 11) is 0. The first-order valence-electron chi connectivity index (χ1n) is 12.6. The van der Waals surface area contributed by atoms with Crippen LogP contribution in [0.2, 0.25) is 0 Å². The molecule has 1 aromatic heterocycles. The summed E-state index contributed by atoms with van der Waals surface area (Å²) in [6, 6.07) is 33.8. The Morgan fingerprint density at radius 3 is 2.00 bits per heavy atom. The largest absolute Gasteiger partial charge is 0.488 e. The Balaban J connectivity index is 1.60. The summed E-state index contributed by atoms with van der Waals surface area (Å²) in [6.45, 7) is 5.10. The first-order chi connectivity index (χ1) is 18.6. The van der Waals surface area contributed by atoms with Crippen molar-refractivity contribution in [2.75, 3.05) is 0 Å². The third-order valence-corrected chi connectivity index (χ3v) is 6.32. The zero-order chi connectivity index (χ0) is 26.3. The lowest BCUT2D eigenvalue weighted by Crippen LogP contribution is -2.04. The van der Waals surface area contributed by atoms with Gasteiger partial charge in [-0.2, -0.15) is 5.26 Å². The van der Waals surface area contributed by atoms with Crippen LogP contribution >= 0.6 is 0 Å². The number of aromatic nitrogens is 1. The van der Waals surface area contributed by atoms with Crippen LogP contribution < -0.4 is 9.47 Å². The second-order valence-corrected chi connectivity index (χ2v) is 9.28. The van der Waals surface area contributed by atoms with Crippen LogP contribution in [-0.4, -0.2) is 4.98 Å². The number of benzene rings is 4. The summed E-state index contributed by atoms with van der Waals surface area (Å²) < 4.78 is 18.6. The van der Waals surface area contributed by atoms with E-state index < -0.39 is 0 Å². The van der Waals surface area contributed by atoms with Crippen molar-refractivity contribution >= 4 is 0 Å². The highest BCUT2D eigenvalue weighted by Crippen LogP contribution is 2.43. The number of nitrogens with zero attached hydrogens (tertiary/aromatic N) is 2. The molecule has 0 fully saturated rings. The molecule has 5 aromatic rings. The molecule has 0 amide bonds. The summed E-state index contributed by atoms with van der Waals surface area (Å²) >= 11 is 0. The summed E-state index contributed by atoms with van der Waals surface area (Å²) in [5.74, 6) is 2.10. The number of ether oxygens (including phenoxy) is 2. The van der Waals surface area contributed by atoms with Crippen LogP contribution in [0.3, 0.4) is 0 Å². The fourth-order valence-corrected chi connectivity index (χ4v) is 4.34. The molecule has 4 aromatic carbocycles. The first kappa shape index (κ1) is 24.9. The van der Waals surface area contributed by atoms with Crippen molar-refractivity contribution in [1.29, 1.82) is 5.26 Å². The molecule has 0 aliphatic rings. The molecule has 0 aliphatic heterocycles. The van der Waals surface area contributed by atoms with E-state index in [0.717, 1.165) is 28.0 Å². The van der Waals surface area contributed by atoms with Crippen molar-refractivity contribution in [1.82, 2.24) is 4.98 Å². The van der Waals surface area contributed by atoms with E-state index in [9.17, 15) is 5.26 Å². The maximum Gasteiger partial charge on any atom is 0.182 e. The standard InChI is InChI=1S/C33H28N2O3/c1-23(2)28-17-29(32-33(38-22-35-32)27-16-10-9-15-26(27)19-34)31(37-21-25-13-7-4-8-14-25)18-30(28)36-20-24-11-5-3-6-12-24/h3-18,22-23H,20-21H2,1-2H3. The van der Waals surface area contributed by atoms with Crippen LogP contribution in [0.5, 0.6) is 11.5 Å². The predicted octanol–water partition coefficient (Wildman–Crippen LogP) is 8.16. The van der Waals surface area contributed by atoms with Crippen LogP contribution in [0.25, 0.3) is 22.6 Å². The van der Waals surface area contributed by atoms with E-state index in [1.54, 1.807) is 6.07 Å². The van der Waals surface area contributed by atoms with Gasteiger partial charge in [-0.1, -0.05) is 86.6 Å². The summed E-state index contributed by atoms with van der Waals surface area (Å²) in [4.78, 5) is 4.58. The number of nitriles is 1. The van der Waals surface area contributed by atoms with E-state index in [-0.39, 0.29) is 5.92 Å². The van der Waals surface area contributed by atoms with Crippen LogP contribution in [0.1, 0.15) is 42.0 Å². The average Bonchev–Trinajstić information content (AvgIpc) is 3.45. The molecule has 0 spiro atoms. The maximum absolute atomic E-state index is 9.70. The van der Waals surface area contributed by atoms with Gasteiger partial charge in [-0.15, -0.1) is 0 Å². The molecular weight excluding hydrogens is 472 g/mol. The van der Waals surface area contributed by atoms with Gasteiger partial charge < -0.3 is 13.9 Å². The second-order valence-electron chi connectivity index (χ2n) is 9.28. The monoisotopic (exact) mass is 500 g/mol. The Labute approximate surface area is 222 Å². The lowest BCUT2D eigenvalue weighted by molar-refractivity contribution is 0.288. The van der Waals surface area contributed by atoms with E-state index in [0.29, 0.717) is 41.5 Å². The van der Waals surface area contributed by atoms with Gasteiger partial charge in [0, 0.05) is 17.2 Å². The molecule has 5 nitrogen and oxygen atoms in total. The first-order valence-corrected chi connectivity index (χ1v) is 12.6. The normalized spacial score (nSPS) is 10.8. The Hall–Kier alpha value is -4.82. The van der Waals surface area contributed by atoms with Gasteiger partial charge in [0.15, 0.2) is 12.2 Å². The van der Waals surface area contributed by atoms with Crippen LogP contribution in [0.4, 0.5) is 0 Å². The van der Waals surface area contributed by atoms with Gasteiger partial charge in [-0.25, -0.2) is 4.98 Å². The molecule has 0 N–H and O–H groups in total. The highest BCUT2D eigenvalue weighted by molar-refractivity contribution is 5.83. The zero-order valence-corrected chi connectivity index (χ0v) is 21.4. The molecule has 0 aliphatic carbocycles. The van der Waals surface area contributed by atoms with Crippen molar-refractivity contribution in [3.63, 3.8) is 0 Å². The molecule has 5 heteroatoms. The van der Waals surface area contributed by atoms with E-state index in [1.807, 2.05) is 84.9 Å². The molecule has 38 heavy (non-hydrogen) atoms. The molecule has 0 saturated carbocycles. The van der Waals surface area contributed by atoms with Crippen LogP contribution in [-0.2, 0) is 13.2 Å². The highest BCUT2D eigenvalue weighted by Gasteiger charge is 2.23. The van der Waals surface area contributed by atoms with Crippen molar-refractivity contribution < 1.29 is 13.9 Å². The molecule has 0 saturated heterocycles. The molecule has 0 unspecified atom stereocenters. The minimum Gasteiger partial charge on any atom is -0.488 e. The van der Waals surface area contributed by atoms with Gasteiger partial charge in [0.05, 0.1) is 11.6 Å². The summed E-state index contributed by atoms with van der Waals surface area (Å²) in [5.41, 5.74) is 5.78. The van der Waals surface area contributed by atoms with Gasteiger partial charge in [0.1, 0.15) is 30.4 Å². The van der Waals surface area contributed by atoms with E-state index >= 15 is 0 Å². The minimum atomic E-state index is 0.185. The Bertz CT molecular complexity index is 1550. The maximum atomic E-state index is 9.70. The Kier molecular flexibility index (Phi) is 7.52. The Morgan fingerprint density at radius 1 is 0.763 bits per heavy atom. The number of oxazole rings is 1. The molecule has 1 heterocycles. The van der Waals surface area contributed by atoms with Crippen molar-refractivity contribution in [3.8, 4) is 40.1 Å². The van der Waals surface area contributed by atoms with Gasteiger partial charge in [0.25, 0.3) is 0 Å². The third-order valence-electron chi connectivity index (χ3n) is 6.32. The molecular formula is C33H28N2O3. The lowest BCUT2D eigenvalue weighted by atomic mass is 9.95. The Morgan fingerprint density at radius 2 is 1.37 bits per heavy atom. The van der Waals surface area contributed by atoms with E-state index in [1.165, 1.54) is 6.39 Å². The van der Waals surface area contributed by atoms with Crippen molar-refractivity contribution in [2.24, 2.45) is 0 Å². The predicted molar refractivity (Wildman–Crippen MR) is 148 cm³/mol. The molecule has 0 radical (unpaired) electrons. The number of hydrogen-bond donors (Lipinski definition) is 0. The number of rotatable bonds is 9. The molecule has 0 atom stereocenters. The van der Waals surface area contributed by atoms with Gasteiger partial charge >= 0.3 is 0 Å². The minimum absolute atomic E-state index is 0.185. The molecule has 5 rings (SSSR count). The smallest absolute Gasteiger partial charge is 0.182 e. The van der Waals surface area contributed by atoms with Crippen LogP contribution in [0, 0.1) is 11.3 Å². The summed E-state index contributed by atoms with van der Waals surface area (Å²) in [5, 5.41) is 9.70. The van der Waals surface area contributed by atoms with Gasteiger partial charge in [0.2, 0.25) is 0 Å². The van der Waals surface area contributed by atoms with Crippen molar-refractivity contribution in [2.45, 2.75) is 33.0 Å². The molecule has 0 bridgehead atoms. The van der Waals surface area contributed by atoms with Crippen molar-refractivity contribution in [3.05, 3.63) is 126 Å². The SMILES string of the molecule is CC(C)c1cc(-c2ncoc2-c2ccccc2C#N)c(OCc2ccccc2)cc1OCc1ccccc1. The summed E-state index contributed by atoms with van der Waals surface area (Å²) in [6.07, 6.45) is 1.41. The fraction of sp³-hybridized carbons (Fsp3) is 0.152. The van der Waals surface area contributed by atoms with Gasteiger partial charge in [-0.05, 0) is 40.8 Å². The highest BCUT2D eigenvalue weighted by atomic mass is 16.5. The van der Waals surface area contributed by atoms with E-state index in [4.69, 9.17) is 13.9 Å².